The maximum Gasteiger partial charge on any atom is 0.220 e. The van der Waals surface area contributed by atoms with Crippen LogP contribution in [0, 0.1) is 0 Å². The number of rotatable bonds is 10. The number of hydrogen-bond donors (Lipinski definition) is 1. The van der Waals surface area contributed by atoms with Crippen molar-refractivity contribution < 1.29 is 14.3 Å². The molecule has 1 unspecified atom stereocenters. The van der Waals surface area contributed by atoms with Crippen LogP contribution in [-0.2, 0) is 11.3 Å². The van der Waals surface area contributed by atoms with E-state index in [-0.39, 0.29) is 11.9 Å². The van der Waals surface area contributed by atoms with Crippen molar-refractivity contribution in [3.05, 3.63) is 54.4 Å². The summed E-state index contributed by atoms with van der Waals surface area (Å²) in [5.41, 5.74) is 2.01. The summed E-state index contributed by atoms with van der Waals surface area (Å²) in [6, 6.07) is 15.5. The number of nitrogens with zero attached hydrogens (tertiary/aromatic N) is 2. The lowest BCUT2D eigenvalue weighted by molar-refractivity contribution is -0.121. The maximum absolute atomic E-state index is 12.0. The zero-order valence-electron chi connectivity index (χ0n) is 17.4. The van der Waals surface area contributed by atoms with Gasteiger partial charge < -0.3 is 19.4 Å². The van der Waals surface area contributed by atoms with E-state index in [0.717, 1.165) is 47.7 Å². The second-order valence-corrected chi connectivity index (χ2v) is 7.03. The number of benzene rings is 2. The van der Waals surface area contributed by atoms with Crippen LogP contribution < -0.4 is 14.8 Å². The van der Waals surface area contributed by atoms with Gasteiger partial charge in [-0.05, 0) is 56.2 Å². The van der Waals surface area contributed by atoms with Crippen molar-refractivity contribution in [2.45, 2.75) is 45.7 Å². The van der Waals surface area contributed by atoms with E-state index in [1.165, 1.54) is 0 Å². The average Bonchev–Trinajstić information content (AvgIpc) is 3.10. The molecule has 0 saturated carbocycles. The van der Waals surface area contributed by atoms with E-state index < -0.39 is 0 Å². The minimum absolute atomic E-state index is 0.0569. The first-order chi connectivity index (χ1) is 14.1. The summed E-state index contributed by atoms with van der Waals surface area (Å²) in [5.74, 6) is 2.56. The third-order valence-electron chi connectivity index (χ3n) is 4.78. The van der Waals surface area contributed by atoms with Crippen molar-refractivity contribution in [3.8, 4) is 11.5 Å². The van der Waals surface area contributed by atoms with Gasteiger partial charge in [0.2, 0.25) is 5.91 Å². The number of aromatic nitrogens is 2. The van der Waals surface area contributed by atoms with Crippen molar-refractivity contribution in [2.75, 3.05) is 13.7 Å². The molecule has 1 heterocycles. The minimum Gasteiger partial charge on any atom is -0.497 e. The Morgan fingerprint density at radius 3 is 2.59 bits per heavy atom. The van der Waals surface area contributed by atoms with Crippen LogP contribution in [0.25, 0.3) is 11.0 Å². The highest BCUT2D eigenvalue weighted by atomic mass is 16.5. The predicted octanol–water partition coefficient (Wildman–Crippen LogP) is 4.49. The first kappa shape index (κ1) is 20.7. The Bertz CT molecular complexity index is 934. The molecular formula is C23H29N3O3. The number of nitrogens with one attached hydrogen (secondary N) is 1. The van der Waals surface area contributed by atoms with Crippen LogP contribution in [0.15, 0.2) is 48.5 Å². The molecule has 6 heteroatoms. The number of para-hydroxylation sites is 2. The second kappa shape index (κ2) is 9.96. The number of carbonyl (C=O) groups is 1. The van der Waals surface area contributed by atoms with Crippen LogP contribution >= 0.6 is 0 Å². The van der Waals surface area contributed by atoms with Gasteiger partial charge in [0.15, 0.2) is 0 Å². The zero-order valence-corrected chi connectivity index (χ0v) is 17.4. The van der Waals surface area contributed by atoms with Gasteiger partial charge in [0.25, 0.3) is 0 Å². The Kier molecular flexibility index (Phi) is 7.11. The first-order valence-electron chi connectivity index (χ1n) is 10.1. The van der Waals surface area contributed by atoms with Crippen molar-refractivity contribution in [3.63, 3.8) is 0 Å². The number of methoxy groups -OCH3 is 1. The fraction of sp³-hybridized carbons (Fsp3) is 0.391. The van der Waals surface area contributed by atoms with Crippen LogP contribution in [-0.4, -0.2) is 29.2 Å². The fourth-order valence-electron chi connectivity index (χ4n) is 3.35. The molecule has 0 spiro atoms. The summed E-state index contributed by atoms with van der Waals surface area (Å²) >= 11 is 0. The minimum atomic E-state index is -0.149. The Morgan fingerprint density at radius 1 is 1.14 bits per heavy atom. The molecule has 0 aliphatic rings. The van der Waals surface area contributed by atoms with Gasteiger partial charge in [-0.15, -0.1) is 0 Å². The normalized spacial score (nSPS) is 12.0. The molecule has 1 atom stereocenters. The summed E-state index contributed by atoms with van der Waals surface area (Å²) in [5, 5.41) is 3.06. The van der Waals surface area contributed by atoms with Crippen LogP contribution in [0.1, 0.15) is 45.0 Å². The summed E-state index contributed by atoms with van der Waals surface area (Å²) in [7, 11) is 1.65. The molecule has 3 aromatic rings. The molecular weight excluding hydrogens is 366 g/mol. The molecule has 0 bridgehead atoms. The van der Waals surface area contributed by atoms with Gasteiger partial charge in [0.05, 0.1) is 30.8 Å². The van der Waals surface area contributed by atoms with Gasteiger partial charge in [-0.25, -0.2) is 4.98 Å². The molecule has 0 saturated heterocycles. The third-order valence-corrected chi connectivity index (χ3v) is 4.78. The van der Waals surface area contributed by atoms with Crippen molar-refractivity contribution in [1.29, 1.82) is 0 Å². The Balaban J connectivity index is 1.67. The van der Waals surface area contributed by atoms with Gasteiger partial charge in [-0.3, -0.25) is 4.79 Å². The molecule has 0 aliphatic heterocycles. The van der Waals surface area contributed by atoms with Gasteiger partial charge in [-0.2, -0.15) is 0 Å². The summed E-state index contributed by atoms with van der Waals surface area (Å²) in [4.78, 5) is 16.8. The number of carbonyl (C=O) groups excluding carboxylic acids is 1. The fourth-order valence-corrected chi connectivity index (χ4v) is 3.35. The Hall–Kier alpha value is -3.02. The van der Waals surface area contributed by atoms with Crippen LogP contribution in [0.2, 0.25) is 0 Å². The molecule has 2 aromatic carbocycles. The monoisotopic (exact) mass is 395 g/mol. The number of fused-ring (bicyclic) bond motifs is 1. The molecule has 29 heavy (non-hydrogen) atoms. The smallest absolute Gasteiger partial charge is 0.220 e. The lowest BCUT2D eigenvalue weighted by Gasteiger charge is -2.16. The highest BCUT2D eigenvalue weighted by molar-refractivity contribution is 5.78. The van der Waals surface area contributed by atoms with E-state index in [1.807, 2.05) is 56.3 Å². The van der Waals surface area contributed by atoms with Gasteiger partial charge in [0, 0.05) is 13.0 Å². The second-order valence-electron chi connectivity index (χ2n) is 7.03. The number of ether oxygens (including phenoxy) is 2. The molecule has 1 aromatic heterocycles. The molecule has 0 fully saturated rings. The summed E-state index contributed by atoms with van der Waals surface area (Å²) in [6.45, 7) is 5.34. The average molecular weight is 396 g/mol. The third kappa shape index (κ3) is 5.28. The molecule has 6 nitrogen and oxygen atoms in total. The van der Waals surface area contributed by atoms with Gasteiger partial charge >= 0.3 is 0 Å². The maximum atomic E-state index is 12.0. The molecule has 3 rings (SSSR count). The van der Waals surface area contributed by atoms with Crippen molar-refractivity contribution >= 4 is 16.9 Å². The van der Waals surface area contributed by atoms with Crippen LogP contribution in [0.4, 0.5) is 0 Å². The van der Waals surface area contributed by atoms with E-state index in [2.05, 4.69) is 16.0 Å². The molecule has 154 valence electrons. The number of hydrogen-bond acceptors (Lipinski definition) is 4. The molecule has 1 amide bonds. The van der Waals surface area contributed by atoms with E-state index >= 15 is 0 Å². The van der Waals surface area contributed by atoms with E-state index in [1.54, 1.807) is 7.11 Å². The number of imidazole rings is 1. The van der Waals surface area contributed by atoms with E-state index in [9.17, 15) is 4.79 Å². The number of amides is 1. The largest absolute Gasteiger partial charge is 0.497 e. The lowest BCUT2D eigenvalue weighted by atomic mass is 10.2. The molecule has 0 aliphatic carbocycles. The topological polar surface area (TPSA) is 65.4 Å². The predicted molar refractivity (Wildman–Crippen MR) is 114 cm³/mol. The molecule has 0 radical (unpaired) electrons. The van der Waals surface area contributed by atoms with Gasteiger partial charge in [0.1, 0.15) is 17.3 Å². The Labute approximate surface area is 171 Å². The Morgan fingerprint density at radius 2 is 1.86 bits per heavy atom. The highest BCUT2D eigenvalue weighted by Gasteiger charge is 2.18. The highest BCUT2D eigenvalue weighted by Crippen LogP contribution is 2.22. The summed E-state index contributed by atoms with van der Waals surface area (Å²) < 4.78 is 13.2. The quantitative estimate of drug-likeness (QED) is 0.514. The van der Waals surface area contributed by atoms with Crippen LogP contribution in [0.3, 0.4) is 0 Å². The zero-order chi connectivity index (χ0) is 20.6. The van der Waals surface area contributed by atoms with E-state index in [4.69, 9.17) is 14.5 Å². The summed E-state index contributed by atoms with van der Waals surface area (Å²) in [6.07, 6.45) is 2.19. The lowest BCUT2D eigenvalue weighted by Crippen LogP contribution is -2.28. The standard InChI is InChI=1S/C23H29N3O3/c1-4-8-22(27)24-17(2)23-25-20-9-5-6-10-21(20)26(23)15-7-16-29-19-13-11-18(28-3)12-14-19/h5-6,9-14,17H,4,7-8,15-16H2,1-3H3,(H,24,27). The first-order valence-corrected chi connectivity index (χ1v) is 10.1. The van der Waals surface area contributed by atoms with E-state index in [0.29, 0.717) is 13.0 Å². The van der Waals surface area contributed by atoms with Crippen molar-refractivity contribution in [2.24, 2.45) is 0 Å². The number of aryl methyl sites for hydroxylation is 1. The van der Waals surface area contributed by atoms with Gasteiger partial charge in [-0.1, -0.05) is 19.1 Å². The SMILES string of the molecule is CCCC(=O)NC(C)c1nc2ccccc2n1CCCOc1ccc(OC)cc1. The molecule has 1 N–H and O–H groups in total. The van der Waals surface area contributed by atoms with Crippen LogP contribution in [0.5, 0.6) is 11.5 Å². The van der Waals surface area contributed by atoms with Crippen molar-refractivity contribution in [1.82, 2.24) is 14.9 Å².